The summed E-state index contributed by atoms with van der Waals surface area (Å²) in [5.41, 5.74) is 0.816. The van der Waals surface area contributed by atoms with Crippen molar-refractivity contribution < 1.29 is 9.90 Å². The van der Waals surface area contributed by atoms with E-state index in [9.17, 15) is 4.79 Å². The first kappa shape index (κ1) is 15.9. The van der Waals surface area contributed by atoms with Crippen LogP contribution in [0, 0.1) is 0 Å². The molecule has 1 aromatic rings. The van der Waals surface area contributed by atoms with E-state index < -0.39 is 6.10 Å². The minimum Gasteiger partial charge on any atom is -0.393 e. The third-order valence-corrected chi connectivity index (χ3v) is 3.43. The minimum absolute atomic E-state index is 0.238. The molecule has 0 aromatic heterocycles. The lowest BCUT2D eigenvalue weighted by atomic mass is 10.3. The molecular weight excluding hydrogens is 260 g/mol. The summed E-state index contributed by atoms with van der Waals surface area (Å²) >= 11 is 1.71. The molecule has 0 radical (unpaired) electrons. The monoisotopic (exact) mass is 282 g/mol. The number of para-hydroxylation sites is 1. The smallest absolute Gasteiger partial charge is 0.319 e. The zero-order chi connectivity index (χ0) is 14.3. The van der Waals surface area contributed by atoms with Gasteiger partial charge in [-0.1, -0.05) is 26.0 Å². The summed E-state index contributed by atoms with van der Waals surface area (Å²) in [5.74, 6) is 0. The summed E-state index contributed by atoms with van der Waals surface area (Å²) in [6, 6.07) is 7.50. The fourth-order valence-corrected chi connectivity index (χ4v) is 2.40. The third kappa shape index (κ3) is 6.50. The second kappa shape index (κ2) is 8.07. The maximum absolute atomic E-state index is 11.7. The first-order valence-corrected chi connectivity index (χ1v) is 7.35. The van der Waals surface area contributed by atoms with Gasteiger partial charge in [0.1, 0.15) is 0 Å². The summed E-state index contributed by atoms with van der Waals surface area (Å²) in [6.45, 7) is 6.39. The van der Waals surface area contributed by atoms with Gasteiger partial charge in [0, 0.05) is 16.7 Å². The number of amides is 2. The predicted molar refractivity (Wildman–Crippen MR) is 80.8 cm³/mol. The van der Waals surface area contributed by atoms with E-state index in [1.54, 1.807) is 18.7 Å². The van der Waals surface area contributed by atoms with Gasteiger partial charge in [-0.25, -0.2) is 4.79 Å². The van der Waals surface area contributed by atoms with E-state index in [1.165, 1.54) is 0 Å². The van der Waals surface area contributed by atoms with Gasteiger partial charge in [0.05, 0.1) is 11.8 Å². The van der Waals surface area contributed by atoms with Crippen LogP contribution < -0.4 is 10.6 Å². The van der Waals surface area contributed by atoms with Gasteiger partial charge in [0.15, 0.2) is 0 Å². The average Bonchev–Trinajstić information content (AvgIpc) is 2.30. The van der Waals surface area contributed by atoms with E-state index in [2.05, 4.69) is 24.5 Å². The van der Waals surface area contributed by atoms with Gasteiger partial charge in [-0.3, -0.25) is 0 Å². The molecule has 0 bridgehead atoms. The number of rotatable bonds is 6. The molecule has 19 heavy (non-hydrogen) atoms. The Kier molecular flexibility index (Phi) is 6.73. The van der Waals surface area contributed by atoms with E-state index in [4.69, 9.17) is 5.11 Å². The molecular formula is C14H22N2O2S. The average molecular weight is 282 g/mol. The molecule has 1 unspecified atom stereocenters. The van der Waals surface area contributed by atoms with Crippen molar-refractivity contribution in [2.24, 2.45) is 0 Å². The molecule has 1 aromatic carbocycles. The molecule has 0 fully saturated rings. The Labute approximate surface area is 119 Å². The number of aliphatic hydroxyl groups is 1. The number of nitrogens with one attached hydrogen (secondary N) is 2. The standard InChI is InChI=1S/C14H22N2O2S/c1-10(2)19-13-7-5-4-6-12(13)16-14(18)15-9-8-11(3)17/h4-7,10-11,17H,8-9H2,1-3H3,(H2,15,16,18). The molecule has 0 saturated heterocycles. The van der Waals surface area contributed by atoms with Crippen molar-refractivity contribution in [3.63, 3.8) is 0 Å². The van der Waals surface area contributed by atoms with Crippen molar-refractivity contribution >= 4 is 23.5 Å². The molecule has 0 heterocycles. The first-order chi connectivity index (χ1) is 8.99. The van der Waals surface area contributed by atoms with Crippen LogP contribution in [0.2, 0.25) is 0 Å². The van der Waals surface area contributed by atoms with Crippen LogP contribution in [-0.4, -0.2) is 29.0 Å². The first-order valence-electron chi connectivity index (χ1n) is 6.47. The van der Waals surface area contributed by atoms with Crippen LogP contribution in [0.5, 0.6) is 0 Å². The lowest BCUT2D eigenvalue weighted by Gasteiger charge is -2.13. The zero-order valence-electron chi connectivity index (χ0n) is 11.6. The summed E-state index contributed by atoms with van der Waals surface area (Å²) < 4.78 is 0. The van der Waals surface area contributed by atoms with Crippen molar-refractivity contribution in [2.45, 2.75) is 43.4 Å². The van der Waals surface area contributed by atoms with Gasteiger partial charge in [0.25, 0.3) is 0 Å². The number of carbonyl (C=O) groups excluding carboxylic acids is 1. The number of aliphatic hydroxyl groups excluding tert-OH is 1. The number of carbonyl (C=O) groups is 1. The van der Waals surface area contributed by atoms with Crippen LogP contribution in [0.3, 0.4) is 0 Å². The van der Waals surface area contributed by atoms with Crippen molar-refractivity contribution in [1.82, 2.24) is 5.32 Å². The van der Waals surface area contributed by atoms with E-state index in [-0.39, 0.29) is 6.03 Å². The van der Waals surface area contributed by atoms with Gasteiger partial charge in [-0.05, 0) is 25.5 Å². The normalized spacial score (nSPS) is 12.3. The molecule has 0 aliphatic heterocycles. The maximum Gasteiger partial charge on any atom is 0.319 e. The van der Waals surface area contributed by atoms with Gasteiger partial charge in [-0.15, -0.1) is 11.8 Å². The van der Waals surface area contributed by atoms with Crippen molar-refractivity contribution in [3.05, 3.63) is 24.3 Å². The van der Waals surface area contributed by atoms with Crippen LogP contribution >= 0.6 is 11.8 Å². The number of hydrogen-bond acceptors (Lipinski definition) is 3. The highest BCUT2D eigenvalue weighted by Gasteiger charge is 2.08. The van der Waals surface area contributed by atoms with Crippen LogP contribution in [0.25, 0.3) is 0 Å². The topological polar surface area (TPSA) is 61.4 Å². The largest absolute Gasteiger partial charge is 0.393 e. The van der Waals surface area contributed by atoms with E-state index in [0.29, 0.717) is 18.2 Å². The number of benzene rings is 1. The Morgan fingerprint density at radius 1 is 1.32 bits per heavy atom. The number of urea groups is 1. The molecule has 0 saturated carbocycles. The summed E-state index contributed by atoms with van der Waals surface area (Å²) in [4.78, 5) is 12.8. The molecule has 0 spiro atoms. The SMILES string of the molecule is CC(O)CCNC(=O)Nc1ccccc1SC(C)C. The van der Waals surface area contributed by atoms with Crippen LogP contribution in [0.1, 0.15) is 27.2 Å². The van der Waals surface area contributed by atoms with E-state index >= 15 is 0 Å². The Morgan fingerprint density at radius 3 is 2.63 bits per heavy atom. The van der Waals surface area contributed by atoms with Crippen LogP contribution in [-0.2, 0) is 0 Å². The quantitative estimate of drug-likeness (QED) is 0.703. The molecule has 0 aliphatic rings. The van der Waals surface area contributed by atoms with Gasteiger partial charge < -0.3 is 15.7 Å². The number of thioether (sulfide) groups is 1. The van der Waals surface area contributed by atoms with Gasteiger partial charge in [-0.2, -0.15) is 0 Å². The lowest BCUT2D eigenvalue weighted by Crippen LogP contribution is -2.31. The maximum atomic E-state index is 11.7. The van der Waals surface area contributed by atoms with Crippen molar-refractivity contribution in [2.75, 3.05) is 11.9 Å². The van der Waals surface area contributed by atoms with Crippen molar-refractivity contribution in [1.29, 1.82) is 0 Å². The summed E-state index contributed by atoms with van der Waals surface area (Å²) in [7, 11) is 0. The molecule has 0 aliphatic carbocycles. The highest BCUT2D eigenvalue weighted by atomic mass is 32.2. The Hall–Kier alpha value is -1.20. The molecule has 5 heteroatoms. The van der Waals surface area contributed by atoms with Gasteiger partial charge >= 0.3 is 6.03 Å². The van der Waals surface area contributed by atoms with Crippen LogP contribution in [0.15, 0.2) is 29.2 Å². The second-order valence-corrected chi connectivity index (χ2v) is 6.30. The van der Waals surface area contributed by atoms with Crippen LogP contribution in [0.4, 0.5) is 10.5 Å². The summed E-state index contributed by atoms with van der Waals surface area (Å²) in [6.07, 6.45) is 0.152. The van der Waals surface area contributed by atoms with Gasteiger partial charge in [0.2, 0.25) is 0 Å². The fraction of sp³-hybridized carbons (Fsp3) is 0.500. The zero-order valence-corrected chi connectivity index (χ0v) is 12.5. The number of anilines is 1. The molecule has 1 atom stereocenters. The minimum atomic E-state index is -0.399. The molecule has 1 rings (SSSR count). The third-order valence-electron chi connectivity index (χ3n) is 2.35. The highest BCUT2D eigenvalue weighted by molar-refractivity contribution is 8.00. The Morgan fingerprint density at radius 2 is 2.00 bits per heavy atom. The van der Waals surface area contributed by atoms with E-state index in [0.717, 1.165) is 10.6 Å². The lowest BCUT2D eigenvalue weighted by molar-refractivity contribution is 0.184. The van der Waals surface area contributed by atoms with E-state index in [1.807, 2.05) is 24.3 Å². The second-order valence-electron chi connectivity index (χ2n) is 4.68. The fourth-order valence-electron chi connectivity index (χ4n) is 1.49. The molecule has 106 valence electrons. The van der Waals surface area contributed by atoms with Crippen molar-refractivity contribution in [3.8, 4) is 0 Å². The Balaban J connectivity index is 2.53. The molecule has 4 nitrogen and oxygen atoms in total. The highest BCUT2D eigenvalue weighted by Crippen LogP contribution is 2.29. The molecule has 3 N–H and O–H groups in total. The predicted octanol–water partition coefficient (Wildman–Crippen LogP) is 3.08. The molecule has 2 amide bonds. The summed E-state index contributed by atoms with van der Waals surface area (Å²) in [5, 5.41) is 15.1. The Bertz CT molecular complexity index is 408. The number of hydrogen-bond donors (Lipinski definition) is 3.